The van der Waals surface area contributed by atoms with Crippen molar-refractivity contribution in [3.8, 4) is 45.3 Å². The molecule has 0 bridgehead atoms. The van der Waals surface area contributed by atoms with E-state index in [1.807, 2.05) is 30.3 Å². The van der Waals surface area contributed by atoms with Crippen LogP contribution in [0.4, 0.5) is 0 Å². The summed E-state index contributed by atoms with van der Waals surface area (Å²) in [5, 5.41) is 12.3. The van der Waals surface area contributed by atoms with Crippen LogP contribution >= 0.6 is 0 Å². The minimum atomic E-state index is 0.646. The summed E-state index contributed by atoms with van der Waals surface area (Å²) in [4.78, 5) is 15.1. The highest BCUT2D eigenvalue weighted by molar-refractivity contribution is 6.20. The van der Waals surface area contributed by atoms with Crippen LogP contribution in [0, 0.1) is 0 Å². The van der Waals surface area contributed by atoms with Gasteiger partial charge in [0.1, 0.15) is 0 Å². The molecule has 0 amide bonds. The molecule has 1 heterocycles. The van der Waals surface area contributed by atoms with E-state index in [0.717, 1.165) is 27.6 Å². The second kappa shape index (κ2) is 11.5. The summed E-state index contributed by atoms with van der Waals surface area (Å²) >= 11 is 0. The molecule has 0 aliphatic rings. The molecule has 3 heteroatoms. The molecule has 0 saturated heterocycles. The molecule has 10 aromatic rings. The van der Waals surface area contributed by atoms with Gasteiger partial charge in [-0.15, -0.1) is 0 Å². The Morgan fingerprint density at radius 1 is 0.240 bits per heavy atom. The molecule has 232 valence electrons. The molecule has 50 heavy (non-hydrogen) atoms. The van der Waals surface area contributed by atoms with Crippen LogP contribution in [0.3, 0.4) is 0 Å². The van der Waals surface area contributed by atoms with Gasteiger partial charge in [-0.2, -0.15) is 0 Å². The molecular formula is C47H29N3. The predicted molar refractivity (Wildman–Crippen MR) is 209 cm³/mol. The number of aromatic nitrogens is 3. The molecule has 0 atom stereocenters. The third-order valence-corrected chi connectivity index (χ3v) is 9.87. The normalized spacial score (nSPS) is 11.6. The first kappa shape index (κ1) is 28.3. The molecule has 0 spiro atoms. The minimum Gasteiger partial charge on any atom is -0.208 e. The third kappa shape index (κ3) is 4.71. The van der Waals surface area contributed by atoms with Gasteiger partial charge in [0, 0.05) is 16.7 Å². The van der Waals surface area contributed by atoms with E-state index in [4.69, 9.17) is 15.0 Å². The van der Waals surface area contributed by atoms with Gasteiger partial charge in [0.2, 0.25) is 0 Å². The van der Waals surface area contributed by atoms with E-state index in [1.54, 1.807) is 0 Å². The maximum Gasteiger partial charge on any atom is 0.164 e. The largest absolute Gasteiger partial charge is 0.208 e. The number of benzene rings is 9. The van der Waals surface area contributed by atoms with Crippen LogP contribution in [0.1, 0.15) is 0 Å². The van der Waals surface area contributed by atoms with Crippen molar-refractivity contribution in [2.75, 3.05) is 0 Å². The standard InChI is InChI=1S/C47H29N3/c1-2-12-33(13-3-1)45-48-46(50-47(49-45)37-25-26-40-36(28-37)23-18-30-10-4-7-15-38(30)40)34-21-19-32(20-22-34)44-41-17-9-6-14-35(41)29-43-39-16-8-5-11-31(39)24-27-42(43)44/h1-29H. The van der Waals surface area contributed by atoms with Crippen molar-refractivity contribution in [1.29, 1.82) is 0 Å². The van der Waals surface area contributed by atoms with E-state index in [2.05, 4.69) is 146 Å². The molecule has 0 unspecified atom stereocenters. The van der Waals surface area contributed by atoms with Gasteiger partial charge < -0.3 is 0 Å². The fraction of sp³-hybridized carbons (Fsp3) is 0. The molecule has 1 aromatic heterocycles. The van der Waals surface area contributed by atoms with Gasteiger partial charge >= 0.3 is 0 Å². The van der Waals surface area contributed by atoms with E-state index in [9.17, 15) is 0 Å². The maximum atomic E-state index is 5.08. The van der Waals surface area contributed by atoms with E-state index in [1.165, 1.54) is 54.0 Å². The van der Waals surface area contributed by atoms with Crippen LogP contribution in [0.25, 0.3) is 99.2 Å². The quantitative estimate of drug-likeness (QED) is 0.143. The van der Waals surface area contributed by atoms with Crippen molar-refractivity contribution in [3.63, 3.8) is 0 Å². The van der Waals surface area contributed by atoms with Crippen molar-refractivity contribution in [1.82, 2.24) is 15.0 Å². The zero-order chi connectivity index (χ0) is 33.0. The van der Waals surface area contributed by atoms with E-state index < -0.39 is 0 Å². The van der Waals surface area contributed by atoms with Gasteiger partial charge in [0.15, 0.2) is 17.5 Å². The Bertz CT molecular complexity index is 2910. The van der Waals surface area contributed by atoms with Gasteiger partial charge in [0.25, 0.3) is 0 Å². The molecule has 0 aliphatic carbocycles. The maximum absolute atomic E-state index is 5.08. The van der Waals surface area contributed by atoms with Crippen LogP contribution in [-0.2, 0) is 0 Å². The highest BCUT2D eigenvalue weighted by Gasteiger charge is 2.16. The van der Waals surface area contributed by atoms with Crippen molar-refractivity contribution >= 4 is 53.9 Å². The first-order valence-corrected chi connectivity index (χ1v) is 16.9. The summed E-state index contributed by atoms with van der Waals surface area (Å²) in [6, 6.07) is 62.4. The first-order valence-electron chi connectivity index (χ1n) is 16.9. The van der Waals surface area contributed by atoms with Gasteiger partial charge in [0.05, 0.1) is 0 Å². The molecule has 0 radical (unpaired) electrons. The van der Waals surface area contributed by atoms with E-state index in [-0.39, 0.29) is 0 Å². The SMILES string of the molecule is c1ccc(-c2nc(-c3ccc(-c4c5ccccc5cc5c4ccc4ccccc45)cc3)nc(-c3ccc4c(ccc5ccccc54)c3)n2)cc1. The predicted octanol–water partition coefficient (Wildman–Crippen LogP) is 12.3. The summed E-state index contributed by atoms with van der Waals surface area (Å²) < 4.78 is 0. The Hall–Kier alpha value is -6.71. The number of hydrogen-bond acceptors (Lipinski definition) is 3. The zero-order valence-electron chi connectivity index (χ0n) is 27.1. The van der Waals surface area contributed by atoms with Gasteiger partial charge in [-0.05, 0) is 77.1 Å². The van der Waals surface area contributed by atoms with Crippen LogP contribution in [0.15, 0.2) is 176 Å². The Morgan fingerprint density at radius 3 is 1.40 bits per heavy atom. The van der Waals surface area contributed by atoms with Crippen LogP contribution < -0.4 is 0 Å². The summed E-state index contributed by atoms with van der Waals surface area (Å²) in [7, 11) is 0. The summed E-state index contributed by atoms with van der Waals surface area (Å²) in [6.07, 6.45) is 0. The molecule has 0 N–H and O–H groups in total. The van der Waals surface area contributed by atoms with Crippen LogP contribution in [0.2, 0.25) is 0 Å². The molecule has 0 saturated carbocycles. The third-order valence-electron chi connectivity index (χ3n) is 9.87. The van der Waals surface area contributed by atoms with Crippen molar-refractivity contribution in [2.24, 2.45) is 0 Å². The summed E-state index contributed by atoms with van der Waals surface area (Å²) in [5.41, 5.74) is 5.25. The van der Waals surface area contributed by atoms with E-state index in [0.29, 0.717) is 17.5 Å². The summed E-state index contributed by atoms with van der Waals surface area (Å²) in [5.74, 6) is 1.95. The first-order chi connectivity index (χ1) is 24.8. The number of rotatable bonds is 4. The van der Waals surface area contributed by atoms with Crippen LogP contribution in [-0.4, -0.2) is 15.0 Å². The average Bonchev–Trinajstić information content (AvgIpc) is 3.20. The van der Waals surface area contributed by atoms with Gasteiger partial charge in [-0.3, -0.25) is 0 Å². The minimum absolute atomic E-state index is 0.646. The molecular weight excluding hydrogens is 607 g/mol. The van der Waals surface area contributed by atoms with Crippen molar-refractivity contribution < 1.29 is 0 Å². The molecule has 0 aliphatic heterocycles. The molecule has 9 aromatic carbocycles. The monoisotopic (exact) mass is 635 g/mol. The Labute approximate surface area is 289 Å². The molecule has 3 nitrogen and oxygen atoms in total. The zero-order valence-corrected chi connectivity index (χ0v) is 27.1. The highest BCUT2D eigenvalue weighted by Crippen LogP contribution is 2.40. The van der Waals surface area contributed by atoms with Gasteiger partial charge in [-0.1, -0.05) is 164 Å². The second-order valence-electron chi connectivity index (χ2n) is 12.8. The fourth-order valence-electron chi connectivity index (χ4n) is 7.42. The topological polar surface area (TPSA) is 38.7 Å². The lowest BCUT2D eigenvalue weighted by Gasteiger charge is -2.14. The lowest BCUT2D eigenvalue weighted by Crippen LogP contribution is -2.00. The lowest BCUT2D eigenvalue weighted by atomic mass is 9.89. The van der Waals surface area contributed by atoms with Crippen molar-refractivity contribution in [2.45, 2.75) is 0 Å². The average molecular weight is 636 g/mol. The van der Waals surface area contributed by atoms with Gasteiger partial charge in [-0.25, -0.2) is 15.0 Å². The number of hydrogen-bond donors (Lipinski definition) is 0. The molecule has 10 rings (SSSR count). The number of fused-ring (bicyclic) bond motifs is 7. The Kier molecular flexibility index (Phi) is 6.49. The smallest absolute Gasteiger partial charge is 0.164 e. The second-order valence-corrected chi connectivity index (χ2v) is 12.8. The lowest BCUT2D eigenvalue weighted by molar-refractivity contribution is 1.07. The Balaban J connectivity index is 1.12. The highest BCUT2D eigenvalue weighted by atomic mass is 15.0. The van der Waals surface area contributed by atoms with E-state index >= 15 is 0 Å². The fourth-order valence-corrected chi connectivity index (χ4v) is 7.42. The Morgan fingerprint density at radius 2 is 0.680 bits per heavy atom. The summed E-state index contributed by atoms with van der Waals surface area (Å²) in [6.45, 7) is 0. The van der Waals surface area contributed by atoms with Crippen LogP contribution in [0.5, 0.6) is 0 Å². The number of nitrogens with zero attached hydrogens (tertiary/aromatic N) is 3. The van der Waals surface area contributed by atoms with Crippen molar-refractivity contribution in [3.05, 3.63) is 176 Å². The molecule has 0 fully saturated rings.